The van der Waals surface area contributed by atoms with E-state index in [4.69, 9.17) is 4.74 Å². The minimum absolute atomic E-state index is 0.0734. The second-order valence-corrected chi connectivity index (χ2v) is 9.14. The van der Waals surface area contributed by atoms with Crippen LogP contribution in [0.5, 0.6) is 5.75 Å². The highest BCUT2D eigenvalue weighted by atomic mass is 16.5. The summed E-state index contributed by atoms with van der Waals surface area (Å²) in [6.45, 7) is 13.2. The molecule has 2 aromatic rings. The number of carbonyl (C=O) groups excluding carboxylic acids is 1. The second kappa shape index (κ2) is 9.05. The van der Waals surface area contributed by atoms with Crippen molar-refractivity contribution in [1.82, 2.24) is 5.43 Å². The summed E-state index contributed by atoms with van der Waals surface area (Å²) in [5.74, 6) is 0.383. The number of hydrogen-bond donors (Lipinski definition) is 1. The molecule has 0 atom stereocenters. The van der Waals surface area contributed by atoms with Crippen molar-refractivity contribution in [3.63, 3.8) is 0 Å². The first-order chi connectivity index (χ1) is 13.0. The van der Waals surface area contributed by atoms with Gasteiger partial charge in [-0.25, -0.2) is 5.43 Å². The lowest BCUT2D eigenvalue weighted by atomic mass is 9.72. The second-order valence-electron chi connectivity index (χ2n) is 9.14. The fourth-order valence-corrected chi connectivity index (χ4v) is 3.44. The van der Waals surface area contributed by atoms with E-state index in [0.29, 0.717) is 5.75 Å². The molecule has 0 bridgehead atoms. The summed E-state index contributed by atoms with van der Waals surface area (Å²) in [6, 6.07) is 15.9. The van der Waals surface area contributed by atoms with Crippen LogP contribution in [0, 0.1) is 12.3 Å². The molecule has 1 amide bonds. The molecule has 2 aromatic carbocycles. The largest absolute Gasteiger partial charge is 0.484 e. The quantitative estimate of drug-likeness (QED) is 0.528. The van der Waals surface area contributed by atoms with E-state index in [1.54, 1.807) is 6.21 Å². The Morgan fingerprint density at radius 2 is 1.61 bits per heavy atom. The van der Waals surface area contributed by atoms with Crippen molar-refractivity contribution in [2.75, 3.05) is 6.61 Å². The predicted octanol–water partition coefficient (Wildman–Crippen LogP) is 5.24. The van der Waals surface area contributed by atoms with Crippen LogP contribution >= 0.6 is 0 Å². The SMILES string of the molecule is Cc1ccc(/C=N\NC(=O)COc2ccc(C(C)(C)CC(C)(C)C)cc2)cc1. The number of hydrazone groups is 1. The third-order valence-corrected chi connectivity index (χ3v) is 4.46. The van der Waals surface area contributed by atoms with Crippen LogP contribution in [0.2, 0.25) is 0 Å². The van der Waals surface area contributed by atoms with E-state index in [1.165, 1.54) is 11.1 Å². The molecule has 1 N–H and O–H groups in total. The molecule has 0 aliphatic carbocycles. The number of hydrogen-bond acceptors (Lipinski definition) is 3. The van der Waals surface area contributed by atoms with Crippen molar-refractivity contribution in [1.29, 1.82) is 0 Å². The van der Waals surface area contributed by atoms with Gasteiger partial charge in [0, 0.05) is 0 Å². The first-order valence-electron chi connectivity index (χ1n) is 9.67. The molecular formula is C24H32N2O2. The molecule has 4 heteroatoms. The number of rotatable bonds is 7. The third kappa shape index (κ3) is 7.18. The highest BCUT2D eigenvalue weighted by Gasteiger charge is 2.27. The molecule has 0 spiro atoms. The Balaban J connectivity index is 1.84. The Kier molecular flexibility index (Phi) is 7.00. The lowest BCUT2D eigenvalue weighted by Crippen LogP contribution is -2.25. The van der Waals surface area contributed by atoms with E-state index in [2.05, 4.69) is 57.3 Å². The predicted molar refractivity (Wildman–Crippen MR) is 116 cm³/mol. The molecule has 0 aromatic heterocycles. The van der Waals surface area contributed by atoms with Gasteiger partial charge in [-0.05, 0) is 47.4 Å². The maximum atomic E-state index is 11.9. The Morgan fingerprint density at radius 1 is 1.00 bits per heavy atom. The lowest BCUT2D eigenvalue weighted by molar-refractivity contribution is -0.123. The van der Waals surface area contributed by atoms with Crippen LogP contribution in [-0.4, -0.2) is 18.7 Å². The van der Waals surface area contributed by atoms with E-state index in [1.807, 2.05) is 43.3 Å². The maximum absolute atomic E-state index is 11.9. The Bertz CT molecular complexity index is 798. The van der Waals surface area contributed by atoms with Gasteiger partial charge >= 0.3 is 0 Å². The highest BCUT2D eigenvalue weighted by Crippen LogP contribution is 2.36. The maximum Gasteiger partial charge on any atom is 0.277 e. The van der Waals surface area contributed by atoms with Crippen LogP contribution in [0.3, 0.4) is 0 Å². The fraction of sp³-hybridized carbons (Fsp3) is 0.417. The fourth-order valence-electron chi connectivity index (χ4n) is 3.44. The van der Waals surface area contributed by atoms with Crippen molar-refractivity contribution in [3.05, 3.63) is 65.2 Å². The van der Waals surface area contributed by atoms with Gasteiger partial charge in [-0.1, -0.05) is 76.6 Å². The molecule has 0 unspecified atom stereocenters. The van der Waals surface area contributed by atoms with Crippen molar-refractivity contribution in [2.45, 2.75) is 53.4 Å². The van der Waals surface area contributed by atoms with Gasteiger partial charge in [0.1, 0.15) is 5.75 Å². The first-order valence-corrected chi connectivity index (χ1v) is 9.67. The average molecular weight is 381 g/mol. The summed E-state index contributed by atoms with van der Waals surface area (Å²) in [5, 5.41) is 3.96. The molecular weight excluding hydrogens is 348 g/mol. The van der Waals surface area contributed by atoms with E-state index < -0.39 is 0 Å². The van der Waals surface area contributed by atoms with Gasteiger partial charge in [0.2, 0.25) is 0 Å². The van der Waals surface area contributed by atoms with Crippen molar-refractivity contribution >= 4 is 12.1 Å². The molecule has 0 aliphatic rings. The van der Waals surface area contributed by atoms with Crippen LogP contribution in [0.15, 0.2) is 53.6 Å². The summed E-state index contributed by atoms with van der Waals surface area (Å²) in [7, 11) is 0. The molecule has 150 valence electrons. The van der Waals surface area contributed by atoms with Crippen LogP contribution in [-0.2, 0) is 10.2 Å². The van der Waals surface area contributed by atoms with E-state index >= 15 is 0 Å². The van der Waals surface area contributed by atoms with Crippen LogP contribution in [0.1, 0.15) is 57.7 Å². The minimum Gasteiger partial charge on any atom is -0.484 e. The Morgan fingerprint density at radius 3 is 2.18 bits per heavy atom. The number of nitrogens with one attached hydrogen (secondary N) is 1. The number of ether oxygens (including phenoxy) is 1. The normalized spacial score (nSPS) is 12.2. The molecule has 4 nitrogen and oxygen atoms in total. The standard InChI is InChI=1S/C24H32N2O2/c1-18-7-9-19(10-8-18)15-25-26-22(27)16-28-21-13-11-20(12-14-21)24(5,6)17-23(2,3)4/h7-15H,16-17H2,1-6H3,(H,26,27)/b25-15-. The monoisotopic (exact) mass is 380 g/mol. The van der Waals surface area contributed by atoms with Gasteiger partial charge in [-0.2, -0.15) is 5.10 Å². The van der Waals surface area contributed by atoms with Gasteiger partial charge in [0.25, 0.3) is 5.91 Å². The summed E-state index contributed by atoms with van der Waals surface area (Å²) in [6.07, 6.45) is 2.70. The van der Waals surface area contributed by atoms with Gasteiger partial charge in [0.15, 0.2) is 6.61 Å². The molecule has 0 saturated carbocycles. The Hall–Kier alpha value is -2.62. The molecule has 0 fully saturated rings. The zero-order chi connectivity index (χ0) is 20.8. The number of amides is 1. The third-order valence-electron chi connectivity index (χ3n) is 4.46. The van der Waals surface area contributed by atoms with E-state index in [9.17, 15) is 4.79 Å². The molecule has 28 heavy (non-hydrogen) atoms. The van der Waals surface area contributed by atoms with Crippen molar-refractivity contribution in [3.8, 4) is 5.75 Å². The molecule has 0 heterocycles. The molecule has 0 radical (unpaired) electrons. The zero-order valence-electron chi connectivity index (χ0n) is 17.9. The summed E-state index contributed by atoms with van der Waals surface area (Å²) in [5.41, 5.74) is 6.20. The zero-order valence-corrected chi connectivity index (χ0v) is 17.9. The molecule has 0 saturated heterocycles. The number of aryl methyl sites for hydroxylation is 1. The summed E-state index contributed by atoms with van der Waals surface area (Å²) >= 11 is 0. The van der Waals surface area contributed by atoms with Crippen molar-refractivity contribution in [2.24, 2.45) is 10.5 Å². The first kappa shape index (κ1) is 21.7. The topological polar surface area (TPSA) is 50.7 Å². The summed E-state index contributed by atoms with van der Waals surface area (Å²) in [4.78, 5) is 11.9. The van der Waals surface area contributed by atoms with E-state index in [-0.39, 0.29) is 23.3 Å². The van der Waals surface area contributed by atoms with Crippen LogP contribution in [0.4, 0.5) is 0 Å². The summed E-state index contributed by atoms with van der Waals surface area (Å²) < 4.78 is 5.57. The number of carbonyl (C=O) groups is 1. The number of nitrogens with zero attached hydrogens (tertiary/aromatic N) is 1. The number of benzene rings is 2. The average Bonchev–Trinajstić information content (AvgIpc) is 2.60. The van der Waals surface area contributed by atoms with E-state index in [0.717, 1.165) is 12.0 Å². The van der Waals surface area contributed by atoms with Gasteiger partial charge in [-0.15, -0.1) is 0 Å². The smallest absolute Gasteiger partial charge is 0.277 e. The Labute approximate surface area is 169 Å². The minimum atomic E-state index is -0.291. The van der Waals surface area contributed by atoms with Crippen molar-refractivity contribution < 1.29 is 9.53 Å². The highest BCUT2D eigenvalue weighted by molar-refractivity contribution is 5.82. The van der Waals surface area contributed by atoms with Crippen LogP contribution < -0.4 is 10.2 Å². The molecule has 0 aliphatic heterocycles. The van der Waals surface area contributed by atoms with Gasteiger partial charge in [0.05, 0.1) is 6.21 Å². The van der Waals surface area contributed by atoms with Crippen LogP contribution in [0.25, 0.3) is 0 Å². The lowest BCUT2D eigenvalue weighted by Gasteiger charge is -2.33. The molecule has 2 rings (SSSR count). The van der Waals surface area contributed by atoms with Gasteiger partial charge < -0.3 is 4.74 Å². The van der Waals surface area contributed by atoms with Gasteiger partial charge in [-0.3, -0.25) is 4.79 Å².